The van der Waals surface area contributed by atoms with Gasteiger partial charge in [0.25, 0.3) is 0 Å². The topological polar surface area (TPSA) is 92.0 Å². The number of fused-ring (bicyclic) bond motifs is 8. The van der Waals surface area contributed by atoms with E-state index in [1.54, 1.807) is 0 Å². The lowest BCUT2D eigenvalue weighted by atomic mass is 9.33. The minimum absolute atomic E-state index is 0. The van der Waals surface area contributed by atoms with Gasteiger partial charge >= 0.3 is 5.97 Å². The second-order valence-corrected chi connectivity index (χ2v) is 15.0. The zero-order chi connectivity index (χ0) is 26.1. The van der Waals surface area contributed by atoms with Crippen molar-refractivity contribution >= 4 is 11.8 Å². The molecule has 5 aliphatic rings. The van der Waals surface area contributed by atoms with Crippen LogP contribution in [0.2, 0.25) is 0 Å². The normalized spacial score (nSPS) is 47.6. The highest BCUT2D eigenvalue weighted by molar-refractivity contribution is 5.76. The SMILES string of the molecule is C.CC1CC[C@]2(C(=O)O)CC[C@]3(C)C(=CCC4[C@@]5(C)Cc6c(N)n[nH]c6C(C)(C)C5CC[C@]43C)C2C1C. The third-order valence-corrected chi connectivity index (χ3v) is 13.7. The van der Waals surface area contributed by atoms with E-state index >= 15 is 0 Å². The van der Waals surface area contributed by atoms with Gasteiger partial charge in [-0.15, -0.1) is 0 Å². The lowest BCUT2D eigenvalue weighted by Gasteiger charge is -2.70. The van der Waals surface area contributed by atoms with Crippen molar-refractivity contribution in [2.24, 2.45) is 51.2 Å². The van der Waals surface area contributed by atoms with Crippen molar-refractivity contribution in [3.8, 4) is 0 Å². The molecule has 1 heterocycles. The number of nitrogens with one attached hydrogen (secondary N) is 1. The van der Waals surface area contributed by atoms with Crippen LogP contribution in [0, 0.1) is 51.2 Å². The number of aliphatic carboxylic acids is 1. The monoisotopic (exact) mass is 509 g/mol. The van der Waals surface area contributed by atoms with Gasteiger partial charge in [0, 0.05) is 16.7 Å². The Morgan fingerprint density at radius 3 is 2.43 bits per heavy atom. The van der Waals surface area contributed by atoms with Gasteiger partial charge in [0.15, 0.2) is 0 Å². The number of anilines is 1. The number of rotatable bonds is 1. The van der Waals surface area contributed by atoms with Gasteiger partial charge in [-0.05, 0) is 97.2 Å². The number of carboxylic acid groups (broad SMARTS) is 1. The molecule has 3 fully saturated rings. The van der Waals surface area contributed by atoms with Crippen molar-refractivity contribution in [2.45, 2.75) is 113 Å². The predicted octanol–water partition coefficient (Wildman–Crippen LogP) is 7.38. The number of H-pyrrole nitrogens is 1. The van der Waals surface area contributed by atoms with E-state index in [1.807, 2.05) is 0 Å². The molecule has 5 nitrogen and oxygen atoms in total. The summed E-state index contributed by atoms with van der Waals surface area (Å²) in [7, 11) is 0. The highest BCUT2D eigenvalue weighted by Gasteiger charge is 2.69. The van der Waals surface area contributed by atoms with Crippen molar-refractivity contribution in [2.75, 3.05) is 5.73 Å². The number of nitrogens with zero attached hydrogens (tertiary/aromatic N) is 1. The highest BCUT2D eigenvalue weighted by atomic mass is 16.4. The summed E-state index contributed by atoms with van der Waals surface area (Å²) in [6.45, 7) is 17.1. The number of allylic oxidation sites excluding steroid dienone is 2. The fourth-order valence-corrected chi connectivity index (χ4v) is 11.3. The molecule has 0 saturated heterocycles. The zero-order valence-electron chi connectivity index (χ0n) is 23.5. The van der Waals surface area contributed by atoms with E-state index in [4.69, 9.17) is 5.73 Å². The number of nitrogen functional groups attached to an aromatic ring is 1. The number of aromatic amines is 1. The molecule has 206 valence electrons. The first kappa shape index (κ1) is 26.8. The van der Waals surface area contributed by atoms with Crippen LogP contribution in [0.15, 0.2) is 11.6 Å². The molecule has 0 bridgehead atoms. The van der Waals surface area contributed by atoms with Gasteiger partial charge in [-0.2, -0.15) is 5.10 Å². The second-order valence-electron chi connectivity index (χ2n) is 15.0. The van der Waals surface area contributed by atoms with Crippen LogP contribution in [-0.2, 0) is 16.6 Å². The molecule has 5 unspecified atom stereocenters. The molecule has 6 rings (SSSR count). The Bertz CT molecular complexity index is 1150. The number of carboxylic acids is 1. The van der Waals surface area contributed by atoms with Crippen LogP contribution < -0.4 is 5.73 Å². The first-order valence-corrected chi connectivity index (χ1v) is 14.5. The van der Waals surface area contributed by atoms with E-state index in [-0.39, 0.29) is 35.0 Å². The third-order valence-electron chi connectivity index (χ3n) is 13.7. The predicted molar refractivity (Wildman–Crippen MR) is 150 cm³/mol. The van der Waals surface area contributed by atoms with Gasteiger partial charge in [0.1, 0.15) is 5.82 Å². The number of nitrogens with two attached hydrogens (primary N) is 1. The van der Waals surface area contributed by atoms with Crippen LogP contribution in [0.1, 0.15) is 112 Å². The first-order valence-electron chi connectivity index (χ1n) is 14.5. The van der Waals surface area contributed by atoms with Gasteiger partial charge in [0.05, 0.1) is 5.41 Å². The number of carbonyl (C=O) groups is 1. The molecule has 0 amide bonds. The summed E-state index contributed by atoms with van der Waals surface area (Å²) in [5.74, 6) is 2.41. The molecule has 0 spiro atoms. The van der Waals surface area contributed by atoms with E-state index in [0.717, 1.165) is 38.5 Å². The molecule has 4 N–H and O–H groups in total. The van der Waals surface area contributed by atoms with E-state index in [1.165, 1.54) is 29.7 Å². The van der Waals surface area contributed by atoms with Crippen molar-refractivity contribution in [1.82, 2.24) is 10.2 Å². The molecule has 9 atom stereocenters. The summed E-state index contributed by atoms with van der Waals surface area (Å²) in [6, 6.07) is 0. The average molecular weight is 510 g/mol. The maximum atomic E-state index is 12.9. The third kappa shape index (κ3) is 2.98. The molecule has 0 aromatic carbocycles. The average Bonchev–Trinajstić information content (AvgIpc) is 3.17. The lowest BCUT2D eigenvalue weighted by Crippen LogP contribution is -2.65. The largest absolute Gasteiger partial charge is 0.481 e. The van der Waals surface area contributed by atoms with Gasteiger partial charge < -0.3 is 10.8 Å². The van der Waals surface area contributed by atoms with E-state index in [2.05, 4.69) is 64.7 Å². The maximum absolute atomic E-state index is 12.9. The second kappa shape index (κ2) is 7.88. The number of hydrogen-bond donors (Lipinski definition) is 3. The van der Waals surface area contributed by atoms with Crippen LogP contribution in [0.4, 0.5) is 5.82 Å². The zero-order valence-corrected chi connectivity index (χ0v) is 23.5. The molecular weight excluding hydrogens is 458 g/mol. The molecular formula is C32H51N3O2. The summed E-state index contributed by atoms with van der Waals surface area (Å²) < 4.78 is 0. The number of aromatic nitrogens is 2. The smallest absolute Gasteiger partial charge is 0.310 e. The highest BCUT2D eigenvalue weighted by Crippen LogP contribution is 2.75. The van der Waals surface area contributed by atoms with Crippen LogP contribution in [0.5, 0.6) is 0 Å². The van der Waals surface area contributed by atoms with E-state index < -0.39 is 11.4 Å². The Morgan fingerprint density at radius 1 is 1.05 bits per heavy atom. The van der Waals surface area contributed by atoms with Crippen molar-refractivity contribution in [3.63, 3.8) is 0 Å². The summed E-state index contributed by atoms with van der Waals surface area (Å²) >= 11 is 0. The Hall–Kier alpha value is -1.78. The quantitative estimate of drug-likeness (QED) is 0.344. The molecule has 1 aromatic heterocycles. The summed E-state index contributed by atoms with van der Waals surface area (Å²) in [5.41, 5.74) is 10.2. The molecule has 1 aromatic rings. The van der Waals surface area contributed by atoms with Crippen molar-refractivity contribution in [3.05, 3.63) is 22.9 Å². The Balaban J connectivity index is 0.00000280. The van der Waals surface area contributed by atoms with Crippen LogP contribution in [0.3, 0.4) is 0 Å². The molecule has 0 radical (unpaired) electrons. The van der Waals surface area contributed by atoms with Gasteiger partial charge in [0.2, 0.25) is 0 Å². The summed E-state index contributed by atoms with van der Waals surface area (Å²) in [4.78, 5) is 12.9. The minimum atomic E-state index is -0.575. The van der Waals surface area contributed by atoms with Gasteiger partial charge in [-0.1, -0.05) is 67.5 Å². The van der Waals surface area contributed by atoms with E-state index in [9.17, 15) is 9.90 Å². The van der Waals surface area contributed by atoms with Gasteiger partial charge in [-0.3, -0.25) is 9.89 Å². The minimum Gasteiger partial charge on any atom is -0.481 e. The van der Waals surface area contributed by atoms with Gasteiger partial charge in [-0.25, -0.2) is 0 Å². The molecule has 37 heavy (non-hydrogen) atoms. The van der Waals surface area contributed by atoms with Crippen LogP contribution in [0.25, 0.3) is 0 Å². The van der Waals surface area contributed by atoms with Crippen molar-refractivity contribution in [1.29, 1.82) is 0 Å². The Morgan fingerprint density at radius 2 is 1.76 bits per heavy atom. The summed E-state index contributed by atoms with van der Waals surface area (Å²) in [5, 5.41) is 18.4. The van der Waals surface area contributed by atoms with Crippen LogP contribution in [-0.4, -0.2) is 21.3 Å². The fraction of sp³-hybridized carbons (Fsp3) is 0.812. The summed E-state index contributed by atoms with van der Waals surface area (Å²) in [6.07, 6.45) is 10.7. The number of hydrogen-bond acceptors (Lipinski definition) is 3. The first-order chi connectivity index (χ1) is 16.7. The molecule has 5 aliphatic carbocycles. The lowest BCUT2D eigenvalue weighted by molar-refractivity contribution is -0.179. The molecule has 3 saturated carbocycles. The van der Waals surface area contributed by atoms with E-state index in [0.29, 0.717) is 29.5 Å². The van der Waals surface area contributed by atoms with Crippen LogP contribution >= 0.6 is 0 Å². The Labute approximate surface area is 224 Å². The fourth-order valence-electron chi connectivity index (χ4n) is 11.3. The molecule has 5 heteroatoms. The standard InChI is InChI=1S/C31H47N3O2.CH4/c1-17-10-13-31(26(35)36)15-14-29(6)20(23(31)18(17)2)8-9-22-28(5)16-19-24(33-34-25(19)32)27(3,4)21(28)11-12-30(22,29)7;/h8,17-18,21-23H,9-16H2,1-7H3,(H,35,36)(H3,32,33,34);1H4/t17?,18?,21?,22?,23?,28-,29+,30+,31-;/m0./s1. The van der Waals surface area contributed by atoms with Crippen molar-refractivity contribution < 1.29 is 9.90 Å². The Kier molecular flexibility index (Phi) is 5.71. The molecule has 0 aliphatic heterocycles. The maximum Gasteiger partial charge on any atom is 0.310 e.